The van der Waals surface area contributed by atoms with Crippen molar-refractivity contribution in [2.24, 2.45) is 0 Å². The molecule has 182 valence electrons. The Morgan fingerprint density at radius 2 is 1.75 bits per heavy atom. The molecule has 0 fully saturated rings. The summed E-state index contributed by atoms with van der Waals surface area (Å²) in [7, 11) is 1.84. The van der Waals surface area contributed by atoms with Crippen molar-refractivity contribution in [3.05, 3.63) is 108 Å². The fourth-order valence-corrected chi connectivity index (χ4v) is 4.57. The third kappa shape index (κ3) is 4.75. The first-order chi connectivity index (χ1) is 17.5. The first-order valence-corrected chi connectivity index (χ1v) is 12.2. The number of carbonyl (C=O) groups excluding carboxylic acids is 1. The van der Waals surface area contributed by atoms with Crippen molar-refractivity contribution < 1.29 is 9.90 Å². The highest BCUT2D eigenvalue weighted by Gasteiger charge is 2.20. The molecule has 3 aromatic carbocycles. The van der Waals surface area contributed by atoms with Gasteiger partial charge in [0.25, 0.3) is 5.91 Å². The lowest BCUT2D eigenvalue weighted by Gasteiger charge is -2.15. The van der Waals surface area contributed by atoms with Gasteiger partial charge in [0.15, 0.2) is 0 Å². The molecule has 36 heavy (non-hydrogen) atoms. The van der Waals surface area contributed by atoms with Gasteiger partial charge >= 0.3 is 0 Å². The van der Waals surface area contributed by atoms with E-state index < -0.39 is 0 Å². The van der Waals surface area contributed by atoms with Crippen LogP contribution in [-0.4, -0.2) is 43.6 Å². The maximum absolute atomic E-state index is 13.3. The van der Waals surface area contributed by atoms with Crippen molar-refractivity contribution in [2.75, 3.05) is 13.6 Å². The minimum Gasteiger partial charge on any atom is -0.508 e. The number of fused-ring (bicyclic) bond motifs is 1. The Kier molecular flexibility index (Phi) is 6.58. The van der Waals surface area contributed by atoms with Gasteiger partial charge in [-0.1, -0.05) is 54.6 Å². The van der Waals surface area contributed by atoms with Crippen LogP contribution in [0.15, 0.2) is 91.6 Å². The molecule has 0 saturated heterocycles. The van der Waals surface area contributed by atoms with Gasteiger partial charge in [-0.2, -0.15) is 0 Å². The lowest BCUT2D eigenvalue weighted by Crippen LogP contribution is -2.26. The maximum Gasteiger partial charge on any atom is 0.255 e. The van der Waals surface area contributed by atoms with E-state index in [0.29, 0.717) is 18.7 Å². The topological polar surface area (TPSA) is 63.3 Å². The Bertz CT molecular complexity index is 1490. The number of aromatic hydroxyl groups is 1. The van der Waals surface area contributed by atoms with Crippen LogP contribution in [0.1, 0.15) is 28.5 Å². The van der Waals surface area contributed by atoms with Gasteiger partial charge in [0.2, 0.25) is 0 Å². The molecule has 6 nitrogen and oxygen atoms in total. The summed E-state index contributed by atoms with van der Waals surface area (Å²) in [5.41, 5.74) is 4.91. The van der Waals surface area contributed by atoms with Crippen LogP contribution in [0.4, 0.5) is 0 Å². The fourth-order valence-electron chi connectivity index (χ4n) is 4.57. The molecular weight excluding hydrogens is 448 g/mol. The highest BCUT2D eigenvalue weighted by Crippen LogP contribution is 2.32. The first kappa shape index (κ1) is 23.4. The molecule has 0 radical (unpaired) electrons. The van der Waals surface area contributed by atoms with Crippen LogP contribution in [0, 0.1) is 0 Å². The zero-order valence-corrected chi connectivity index (χ0v) is 20.6. The molecule has 1 amide bonds. The van der Waals surface area contributed by atoms with Gasteiger partial charge in [-0.05, 0) is 47.4 Å². The zero-order chi connectivity index (χ0) is 25.1. The van der Waals surface area contributed by atoms with Crippen molar-refractivity contribution >= 4 is 16.7 Å². The summed E-state index contributed by atoms with van der Waals surface area (Å²) in [6.07, 6.45) is 8.61. The second kappa shape index (κ2) is 10.1. The van der Waals surface area contributed by atoms with E-state index in [1.165, 1.54) is 0 Å². The highest BCUT2D eigenvalue weighted by molar-refractivity contribution is 6.05. The van der Waals surface area contributed by atoms with Crippen LogP contribution in [0.2, 0.25) is 0 Å². The first-order valence-electron chi connectivity index (χ1n) is 12.2. The number of nitrogens with zero attached hydrogens (tertiary/aromatic N) is 4. The highest BCUT2D eigenvalue weighted by atomic mass is 16.3. The van der Waals surface area contributed by atoms with E-state index in [1.54, 1.807) is 17.0 Å². The van der Waals surface area contributed by atoms with E-state index in [2.05, 4.69) is 44.6 Å². The molecule has 2 aromatic heterocycles. The average Bonchev–Trinajstić information content (AvgIpc) is 3.54. The van der Waals surface area contributed by atoms with Gasteiger partial charge in [0, 0.05) is 44.3 Å². The van der Waals surface area contributed by atoms with Crippen molar-refractivity contribution in [1.82, 2.24) is 19.0 Å². The van der Waals surface area contributed by atoms with E-state index in [-0.39, 0.29) is 11.7 Å². The Labute approximate surface area is 211 Å². The largest absolute Gasteiger partial charge is 0.508 e. The Morgan fingerprint density at radius 3 is 2.56 bits per heavy atom. The quantitative estimate of drug-likeness (QED) is 0.316. The van der Waals surface area contributed by atoms with E-state index in [4.69, 9.17) is 0 Å². The monoisotopic (exact) mass is 478 g/mol. The molecule has 0 spiro atoms. The van der Waals surface area contributed by atoms with Gasteiger partial charge in [-0.3, -0.25) is 4.79 Å². The minimum absolute atomic E-state index is 0.0139. The molecule has 0 saturated carbocycles. The van der Waals surface area contributed by atoms with E-state index in [1.807, 2.05) is 63.0 Å². The number of hydrogen-bond acceptors (Lipinski definition) is 3. The van der Waals surface area contributed by atoms with Gasteiger partial charge in [0.05, 0.1) is 24.1 Å². The minimum atomic E-state index is 0.0139. The SMILES string of the molecule is CCN(C)C(=O)c1cn(Cc2cncn2CCc2ccc(O)cc2)cc1-c1cccc2ccccc12. The van der Waals surface area contributed by atoms with Crippen LogP contribution in [0.3, 0.4) is 0 Å². The van der Waals surface area contributed by atoms with Gasteiger partial charge in [-0.15, -0.1) is 0 Å². The Balaban J connectivity index is 1.47. The Hall–Kier alpha value is -4.32. The molecule has 0 aliphatic heterocycles. The fraction of sp³-hybridized carbons (Fsp3) is 0.200. The molecule has 6 heteroatoms. The molecule has 0 unspecified atom stereocenters. The normalized spacial score (nSPS) is 11.2. The summed E-state index contributed by atoms with van der Waals surface area (Å²) < 4.78 is 4.23. The molecule has 1 N–H and O–H groups in total. The number of hydrogen-bond donors (Lipinski definition) is 1. The summed E-state index contributed by atoms with van der Waals surface area (Å²) >= 11 is 0. The van der Waals surface area contributed by atoms with Crippen molar-refractivity contribution in [3.8, 4) is 16.9 Å². The zero-order valence-electron chi connectivity index (χ0n) is 20.6. The number of rotatable bonds is 8. The number of phenols is 1. The maximum atomic E-state index is 13.3. The Morgan fingerprint density at radius 1 is 0.972 bits per heavy atom. The standard InChI is InChI=1S/C30H30N4O2/c1-3-32(2)30(36)29-20-33(19-28(29)27-10-6-8-23-7-4-5-9-26(23)27)18-24-17-31-21-34(24)16-15-22-11-13-25(35)14-12-22/h4-14,17,19-21,35H,3,15-16,18H2,1-2H3. The molecule has 5 aromatic rings. The predicted octanol–water partition coefficient (Wildman–Crippen LogP) is 5.59. The van der Waals surface area contributed by atoms with Crippen LogP contribution < -0.4 is 0 Å². The summed E-state index contributed by atoms with van der Waals surface area (Å²) in [4.78, 5) is 19.5. The van der Waals surface area contributed by atoms with Crippen molar-refractivity contribution in [3.63, 3.8) is 0 Å². The lowest BCUT2D eigenvalue weighted by molar-refractivity contribution is 0.0803. The van der Waals surface area contributed by atoms with Crippen LogP contribution in [0.5, 0.6) is 5.75 Å². The number of aromatic nitrogens is 3. The molecule has 5 rings (SSSR count). The molecular formula is C30H30N4O2. The van der Waals surface area contributed by atoms with Gasteiger partial charge in [0.1, 0.15) is 5.75 Å². The number of benzene rings is 3. The number of carbonyl (C=O) groups is 1. The predicted molar refractivity (Wildman–Crippen MR) is 143 cm³/mol. The van der Waals surface area contributed by atoms with Gasteiger partial charge in [-0.25, -0.2) is 4.98 Å². The summed E-state index contributed by atoms with van der Waals surface area (Å²) in [5.74, 6) is 0.288. The smallest absolute Gasteiger partial charge is 0.255 e. The van der Waals surface area contributed by atoms with Gasteiger partial charge < -0.3 is 19.1 Å². The van der Waals surface area contributed by atoms with Crippen LogP contribution >= 0.6 is 0 Å². The average molecular weight is 479 g/mol. The van der Waals surface area contributed by atoms with E-state index >= 15 is 0 Å². The number of aryl methyl sites for hydroxylation is 2. The molecule has 0 bridgehead atoms. The summed E-state index contributed by atoms with van der Waals surface area (Å²) in [5, 5.41) is 11.8. The summed E-state index contributed by atoms with van der Waals surface area (Å²) in [6.45, 7) is 4.01. The molecule has 0 aliphatic carbocycles. The number of imidazole rings is 1. The third-order valence-electron chi connectivity index (χ3n) is 6.73. The number of amides is 1. The van der Waals surface area contributed by atoms with Crippen molar-refractivity contribution in [2.45, 2.75) is 26.4 Å². The summed E-state index contributed by atoms with van der Waals surface area (Å²) in [6, 6.07) is 21.8. The third-order valence-corrected chi connectivity index (χ3v) is 6.73. The second-order valence-corrected chi connectivity index (χ2v) is 9.10. The molecule has 2 heterocycles. The van der Waals surface area contributed by atoms with Crippen LogP contribution in [0.25, 0.3) is 21.9 Å². The van der Waals surface area contributed by atoms with E-state index in [0.717, 1.165) is 46.1 Å². The second-order valence-electron chi connectivity index (χ2n) is 9.10. The van der Waals surface area contributed by atoms with Crippen LogP contribution in [-0.2, 0) is 19.5 Å². The number of phenolic OH excluding ortho intramolecular Hbond substituents is 1. The molecule has 0 aliphatic rings. The van der Waals surface area contributed by atoms with E-state index in [9.17, 15) is 9.90 Å². The molecule has 0 atom stereocenters. The lowest BCUT2D eigenvalue weighted by atomic mass is 9.97. The van der Waals surface area contributed by atoms with Crippen molar-refractivity contribution in [1.29, 1.82) is 0 Å².